The first-order valence-electron chi connectivity index (χ1n) is 8.64. The number of aromatic nitrogens is 3. The van der Waals surface area contributed by atoms with Crippen molar-refractivity contribution in [2.24, 2.45) is 0 Å². The molecule has 5 nitrogen and oxygen atoms in total. The highest BCUT2D eigenvalue weighted by Gasteiger charge is 2.19. The number of nitrogens with zero attached hydrogens (tertiary/aromatic N) is 4. The normalized spacial score (nSPS) is 15.2. The Morgan fingerprint density at radius 1 is 1.04 bits per heavy atom. The molecule has 0 spiro atoms. The van der Waals surface area contributed by atoms with Crippen LogP contribution in [-0.4, -0.2) is 45.6 Å². The van der Waals surface area contributed by atoms with Gasteiger partial charge in [0.05, 0.1) is 25.6 Å². The predicted octanol–water partition coefficient (Wildman–Crippen LogP) is 3.64. The van der Waals surface area contributed by atoms with Crippen molar-refractivity contribution in [2.45, 2.75) is 6.67 Å². The Balaban J connectivity index is 1.83. The molecule has 0 aliphatic carbocycles. The molecule has 4 rings (SSSR count). The number of morpholine rings is 1. The number of benzene rings is 2. The highest BCUT2D eigenvalue weighted by atomic mass is 32.1. The molecule has 0 unspecified atom stereocenters. The number of rotatable bonds is 4. The standard InChI is InChI=1S/C19H18F2N4OS/c20-15-6-7-17(16(21)12-15)25-18(14-4-2-1-3-5-14)22-24(19(25)27)13-23-8-10-26-11-9-23/h1-7,12H,8-11,13H2. The number of halogens is 2. The van der Waals surface area contributed by atoms with Crippen molar-refractivity contribution in [1.29, 1.82) is 0 Å². The van der Waals surface area contributed by atoms with Crippen molar-refractivity contribution in [3.63, 3.8) is 0 Å². The van der Waals surface area contributed by atoms with Crippen LogP contribution in [0.25, 0.3) is 17.1 Å². The predicted molar refractivity (Wildman–Crippen MR) is 100 cm³/mol. The summed E-state index contributed by atoms with van der Waals surface area (Å²) in [5.41, 5.74) is 0.974. The minimum Gasteiger partial charge on any atom is -0.379 e. The van der Waals surface area contributed by atoms with Gasteiger partial charge >= 0.3 is 0 Å². The molecule has 0 radical (unpaired) electrons. The summed E-state index contributed by atoms with van der Waals surface area (Å²) in [6, 6.07) is 12.9. The molecule has 2 heterocycles. The van der Waals surface area contributed by atoms with Crippen molar-refractivity contribution in [3.05, 3.63) is 64.9 Å². The fourth-order valence-electron chi connectivity index (χ4n) is 3.09. The molecule has 0 atom stereocenters. The molecule has 0 bridgehead atoms. The Morgan fingerprint density at radius 2 is 1.78 bits per heavy atom. The second kappa shape index (κ2) is 7.67. The molecule has 27 heavy (non-hydrogen) atoms. The van der Waals surface area contributed by atoms with Crippen molar-refractivity contribution in [1.82, 2.24) is 19.2 Å². The van der Waals surface area contributed by atoms with Crippen molar-refractivity contribution in [2.75, 3.05) is 26.3 Å². The molecule has 8 heteroatoms. The van der Waals surface area contributed by atoms with Gasteiger partial charge in [0.15, 0.2) is 5.82 Å². The third kappa shape index (κ3) is 3.69. The first kappa shape index (κ1) is 18.0. The zero-order chi connectivity index (χ0) is 18.8. The molecular weight excluding hydrogens is 370 g/mol. The van der Waals surface area contributed by atoms with Crippen molar-refractivity contribution < 1.29 is 13.5 Å². The molecular formula is C19H18F2N4OS. The van der Waals surface area contributed by atoms with E-state index in [1.165, 1.54) is 12.1 Å². The number of ether oxygens (including phenoxy) is 1. The topological polar surface area (TPSA) is 35.2 Å². The average Bonchev–Trinajstić information content (AvgIpc) is 3.00. The third-order valence-corrected chi connectivity index (χ3v) is 4.85. The fraction of sp³-hybridized carbons (Fsp3) is 0.263. The summed E-state index contributed by atoms with van der Waals surface area (Å²) >= 11 is 5.60. The summed E-state index contributed by atoms with van der Waals surface area (Å²) in [7, 11) is 0. The van der Waals surface area contributed by atoms with E-state index in [4.69, 9.17) is 17.0 Å². The summed E-state index contributed by atoms with van der Waals surface area (Å²) in [5, 5.41) is 4.65. The lowest BCUT2D eigenvalue weighted by Gasteiger charge is -2.26. The fourth-order valence-corrected chi connectivity index (χ4v) is 3.37. The third-order valence-electron chi connectivity index (χ3n) is 4.46. The summed E-state index contributed by atoms with van der Waals surface area (Å²) in [4.78, 5) is 2.17. The quantitative estimate of drug-likeness (QED) is 0.640. The van der Waals surface area contributed by atoms with Crippen LogP contribution in [0.3, 0.4) is 0 Å². The molecule has 0 N–H and O–H groups in total. The van der Waals surface area contributed by atoms with E-state index in [1.807, 2.05) is 30.3 Å². The zero-order valence-corrected chi connectivity index (χ0v) is 15.3. The minimum absolute atomic E-state index is 0.175. The van der Waals surface area contributed by atoms with Crippen LogP contribution in [0.5, 0.6) is 0 Å². The van der Waals surface area contributed by atoms with Gasteiger partial charge in [0.1, 0.15) is 11.6 Å². The van der Waals surface area contributed by atoms with Crippen LogP contribution in [0, 0.1) is 16.4 Å². The lowest BCUT2D eigenvalue weighted by Crippen LogP contribution is -2.37. The van der Waals surface area contributed by atoms with Gasteiger partial charge in [-0.3, -0.25) is 9.47 Å². The maximum atomic E-state index is 14.5. The van der Waals surface area contributed by atoms with E-state index in [1.54, 1.807) is 9.25 Å². The van der Waals surface area contributed by atoms with Crippen LogP contribution >= 0.6 is 12.2 Å². The molecule has 140 valence electrons. The van der Waals surface area contributed by atoms with E-state index in [-0.39, 0.29) is 5.69 Å². The highest BCUT2D eigenvalue weighted by Crippen LogP contribution is 2.25. The van der Waals surface area contributed by atoms with E-state index in [0.29, 0.717) is 30.5 Å². The number of hydrogen-bond acceptors (Lipinski definition) is 4. The van der Waals surface area contributed by atoms with Gasteiger partial charge in [-0.1, -0.05) is 30.3 Å². The molecule has 1 aliphatic heterocycles. The van der Waals surface area contributed by atoms with Gasteiger partial charge in [0.2, 0.25) is 4.77 Å². The lowest BCUT2D eigenvalue weighted by atomic mass is 10.2. The Bertz CT molecular complexity index is 997. The van der Waals surface area contributed by atoms with Gasteiger partial charge in [-0.05, 0) is 24.4 Å². The summed E-state index contributed by atoms with van der Waals surface area (Å²) < 4.78 is 36.9. The molecule has 3 aromatic rings. The minimum atomic E-state index is -0.686. The van der Waals surface area contributed by atoms with Crippen LogP contribution in [-0.2, 0) is 11.4 Å². The molecule has 1 fully saturated rings. The van der Waals surface area contributed by atoms with E-state index in [0.717, 1.165) is 24.7 Å². The maximum Gasteiger partial charge on any atom is 0.204 e. The Hall–Kier alpha value is -2.42. The van der Waals surface area contributed by atoms with Gasteiger partial charge in [0.25, 0.3) is 0 Å². The monoisotopic (exact) mass is 388 g/mol. The number of hydrogen-bond donors (Lipinski definition) is 0. The van der Waals surface area contributed by atoms with Gasteiger partial charge in [-0.2, -0.15) is 0 Å². The second-order valence-corrected chi connectivity index (χ2v) is 6.64. The Morgan fingerprint density at radius 3 is 2.48 bits per heavy atom. The Labute approximate surface area is 160 Å². The van der Waals surface area contributed by atoms with E-state index < -0.39 is 11.6 Å². The van der Waals surface area contributed by atoms with Crippen LogP contribution in [0.4, 0.5) is 8.78 Å². The van der Waals surface area contributed by atoms with Gasteiger partial charge < -0.3 is 4.74 Å². The SMILES string of the molecule is Fc1ccc(-n2c(-c3ccccc3)nn(CN3CCOCC3)c2=S)c(F)c1. The molecule has 1 aromatic heterocycles. The van der Waals surface area contributed by atoms with Crippen LogP contribution in [0.2, 0.25) is 0 Å². The summed E-state index contributed by atoms with van der Waals surface area (Å²) in [6.45, 7) is 3.36. The first-order valence-corrected chi connectivity index (χ1v) is 9.05. The molecule has 0 amide bonds. The smallest absolute Gasteiger partial charge is 0.204 e. The van der Waals surface area contributed by atoms with Crippen molar-refractivity contribution in [3.8, 4) is 17.1 Å². The van der Waals surface area contributed by atoms with E-state index in [9.17, 15) is 8.78 Å². The van der Waals surface area contributed by atoms with E-state index in [2.05, 4.69) is 10.00 Å². The van der Waals surface area contributed by atoms with E-state index >= 15 is 0 Å². The largest absolute Gasteiger partial charge is 0.379 e. The second-order valence-electron chi connectivity index (χ2n) is 6.27. The van der Waals surface area contributed by atoms with Gasteiger partial charge in [-0.25, -0.2) is 13.5 Å². The molecule has 1 saturated heterocycles. The average molecular weight is 388 g/mol. The lowest BCUT2D eigenvalue weighted by molar-refractivity contribution is 0.0210. The van der Waals surface area contributed by atoms with Gasteiger partial charge in [-0.15, -0.1) is 5.10 Å². The summed E-state index contributed by atoms with van der Waals surface area (Å²) in [6.07, 6.45) is 0. The van der Waals surface area contributed by atoms with Crippen LogP contribution < -0.4 is 0 Å². The maximum absolute atomic E-state index is 14.5. The highest BCUT2D eigenvalue weighted by molar-refractivity contribution is 7.71. The van der Waals surface area contributed by atoms with Crippen molar-refractivity contribution >= 4 is 12.2 Å². The first-order chi connectivity index (χ1) is 13.1. The van der Waals surface area contributed by atoms with Crippen LogP contribution in [0.1, 0.15) is 0 Å². The molecule has 1 aliphatic rings. The summed E-state index contributed by atoms with van der Waals surface area (Å²) in [5.74, 6) is -0.807. The molecule has 2 aromatic carbocycles. The van der Waals surface area contributed by atoms with Gasteiger partial charge in [0, 0.05) is 24.7 Å². The zero-order valence-electron chi connectivity index (χ0n) is 14.5. The molecule has 0 saturated carbocycles. The Kier molecular flexibility index (Phi) is 5.11. The van der Waals surface area contributed by atoms with Crippen LogP contribution in [0.15, 0.2) is 48.5 Å².